The van der Waals surface area contributed by atoms with Gasteiger partial charge < -0.3 is 9.13 Å². The molecule has 0 aliphatic carbocycles. The van der Waals surface area contributed by atoms with Gasteiger partial charge in [-0.05, 0) is 125 Å². The van der Waals surface area contributed by atoms with Crippen molar-refractivity contribution in [2.24, 2.45) is 0 Å². The van der Waals surface area contributed by atoms with Gasteiger partial charge >= 0.3 is 0 Å². The van der Waals surface area contributed by atoms with Gasteiger partial charge in [0.2, 0.25) is 0 Å². The highest BCUT2D eigenvalue weighted by molar-refractivity contribution is 6.30. The van der Waals surface area contributed by atoms with Crippen molar-refractivity contribution < 1.29 is 0 Å². The monoisotopic (exact) mass is 836 g/mol. The molecule has 0 atom stereocenters. The molecule has 2 heteroatoms. The van der Waals surface area contributed by atoms with Crippen LogP contribution < -0.4 is 0 Å². The molecular weight excluding hydrogens is 797 g/mol. The fourth-order valence-corrected chi connectivity index (χ4v) is 11.4. The predicted octanol–water partition coefficient (Wildman–Crippen LogP) is 17.5. The molecule has 0 aliphatic heterocycles. The minimum absolute atomic E-state index is 1.16. The Bertz CT molecular complexity index is 3870. The Balaban J connectivity index is 1.05. The van der Waals surface area contributed by atoms with Gasteiger partial charge in [0.05, 0.1) is 22.1 Å². The maximum absolute atomic E-state index is 2.42. The summed E-state index contributed by atoms with van der Waals surface area (Å²) in [6.45, 7) is 0. The van der Waals surface area contributed by atoms with E-state index in [-0.39, 0.29) is 0 Å². The molecule has 0 amide bonds. The van der Waals surface area contributed by atoms with Crippen molar-refractivity contribution in [2.75, 3.05) is 0 Å². The summed E-state index contributed by atoms with van der Waals surface area (Å²) in [5.74, 6) is 0. The number of hydrogen-bond acceptors (Lipinski definition) is 0. The van der Waals surface area contributed by atoms with Crippen LogP contribution in [0.4, 0.5) is 0 Å². The lowest BCUT2D eigenvalue weighted by molar-refractivity contribution is 1.18. The maximum atomic E-state index is 2.42. The molecule has 0 saturated carbocycles. The van der Waals surface area contributed by atoms with Crippen molar-refractivity contribution in [3.8, 4) is 44.8 Å². The van der Waals surface area contributed by atoms with Gasteiger partial charge in [-0.3, -0.25) is 0 Å². The lowest BCUT2D eigenvalue weighted by Crippen LogP contribution is -1.96. The molecule has 0 unspecified atom stereocenters. The smallest absolute Gasteiger partial charge is 0.0547 e. The van der Waals surface area contributed by atoms with Gasteiger partial charge in [0, 0.05) is 32.9 Å². The summed E-state index contributed by atoms with van der Waals surface area (Å²) >= 11 is 0. The van der Waals surface area contributed by atoms with Gasteiger partial charge in [-0.25, -0.2) is 0 Å². The molecule has 0 saturated heterocycles. The first-order valence-electron chi connectivity index (χ1n) is 22.9. The van der Waals surface area contributed by atoms with E-state index in [0.717, 1.165) is 11.4 Å². The Labute approximate surface area is 381 Å². The fraction of sp³-hybridized carbons (Fsp3) is 0. The second-order valence-electron chi connectivity index (χ2n) is 17.5. The van der Waals surface area contributed by atoms with E-state index in [1.54, 1.807) is 0 Å². The highest BCUT2D eigenvalue weighted by atomic mass is 15.0. The van der Waals surface area contributed by atoms with E-state index >= 15 is 0 Å². The molecule has 2 nitrogen and oxygen atoms in total. The van der Waals surface area contributed by atoms with Crippen LogP contribution in [-0.4, -0.2) is 9.13 Å². The van der Waals surface area contributed by atoms with Gasteiger partial charge in [0.25, 0.3) is 0 Å². The third kappa shape index (κ3) is 5.30. The van der Waals surface area contributed by atoms with Crippen molar-refractivity contribution in [3.63, 3.8) is 0 Å². The molecule has 0 radical (unpaired) electrons. The number of para-hydroxylation sites is 4. The third-order valence-electron chi connectivity index (χ3n) is 14.1. The van der Waals surface area contributed by atoms with E-state index in [1.807, 2.05) is 0 Å². The Morgan fingerprint density at radius 2 is 0.439 bits per heavy atom. The molecule has 0 fully saturated rings. The molecular formula is C64H40N2. The van der Waals surface area contributed by atoms with E-state index in [1.165, 1.54) is 120 Å². The fourth-order valence-electron chi connectivity index (χ4n) is 11.4. The summed E-state index contributed by atoms with van der Waals surface area (Å²) in [4.78, 5) is 0. The second kappa shape index (κ2) is 14.4. The molecule has 12 aromatic carbocycles. The average molecular weight is 837 g/mol. The molecule has 0 spiro atoms. The standard InChI is InChI=1S/C64H40N2/c1-3-19-43(20-4-1)65-57-33-17-15-23-45(57)47-37-35-41(39-59(47)65)61-49-25-7-11-29-53(49)63(54-30-12-8-26-50(54)61)64-55-31-13-9-27-51(55)62(52-28-10-14-32-56(52)64)42-36-38-48-46-24-16-18-34-58(46)66(60(48)40-42)44-21-5-2-6-22-44/h1-40H. The number of fused-ring (bicyclic) bond motifs is 10. The van der Waals surface area contributed by atoms with Crippen LogP contribution in [0.15, 0.2) is 243 Å². The molecule has 0 N–H and O–H groups in total. The molecule has 14 aromatic rings. The van der Waals surface area contributed by atoms with Crippen LogP contribution in [0.3, 0.4) is 0 Å². The molecule has 2 heterocycles. The number of nitrogens with zero attached hydrogens (tertiary/aromatic N) is 2. The zero-order valence-electron chi connectivity index (χ0n) is 36.0. The SMILES string of the molecule is c1ccc(-n2c3ccccc3c3ccc(-c4c5ccccc5c(-c5c6ccccc6c(-c6ccc7c8ccccc8n(-c8ccccc8)c7c6)c6ccccc56)c5ccccc45)cc32)cc1. The summed E-state index contributed by atoms with van der Waals surface area (Å²) in [7, 11) is 0. The molecule has 2 aromatic heterocycles. The topological polar surface area (TPSA) is 9.86 Å². The van der Waals surface area contributed by atoms with Crippen molar-refractivity contribution in [2.45, 2.75) is 0 Å². The van der Waals surface area contributed by atoms with E-state index in [0.29, 0.717) is 0 Å². The van der Waals surface area contributed by atoms with Crippen molar-refractivity contribution in [1.29, 1.82) is 0 Å². The first-order valence-corrected chi connectivity index (χ1v) is 22.9. The highest BCUT2D eigenvalue weighted by Crippen LogP contribution is 2.51. The quantitative estimate of drug-likeness (QED) is 0.153. The van der Waals surface area contributed by atoms with E-state index < -0.39 is 0 Å². The molecule has 14 rings (SSSR count). The first kappa shape index (κ1) is 36.7. The number of rotatable bonds is 5. The van der Waals surface area contributed by atoms with Crippen LogP contribution in [-0.2, 0) is 0 Å². The summed E-state index contributed by atoms with van der Waals surface area (Å²) in [5, 5.41) is 15.0. The number of aromatic nitrogens is 2. The minimum Gasteiger partial charge on any atom is -0.309 e. The van der Waals surface area contributed by atoms with Crippen LogP contribution in [0.25, 0.3) is 131 Å². The molecule has 0 aliphatic rings. The van der Waals surface area contributed by atoms with E-state index in [2.05, 4.69) is 252 Å². The maximum Gasteiger partial charge on any atom is 0.0547 e. The van der Waals surface area contributed by atoms with Crippen molar-refractivity contribution in [1.82, 2.24) is 9.13 Å². The van der Waals surface area contributed by atoms with Gasteiger partial charge in [0.15, 0.2) is 0 Å². The number of hydrogen-bond donors (Lipinski definition) is 0. The lowest BCUT2D eigenvalue weighted by atomic mass is 9.81. The Morgan fingerprint density at radius 1 is 0.182 bits per heavy atom. The zero-order valence-corrected chi connectivity index (χ0v) is 36.0. The average Bonchev–Trinajstić information content (AvgIpc) is 3.90. The summed E-state index contributed by atoms with van der Waals surface area (Å²) < 4.78 is 4.84. The van der Waals surface area contributed by atoms with Crippen LogP contribution in [0.5, 0.6) is 0 Å². The summed E-state index contributed by atoms with van der Waals surface area (Å²) in [6, 6.07) is 89.6. The van der Waals surface area contributed by atoms with Crippen molar-refractivity contribution >= 4 is 86.7 Å². The second-order valence-corrected chi connectivity index (χ2v) is 17.5. The zero-order chi connectivity index (χ0) is 43.3. The summed E-state index contributed by atoms with van der Waals surface area (Å²) in [6.07, 6.45) is 0. The van der Waals surface area contributed by atoms with Crippen LogP contribution >= 0.6 is 0 Å². The largest absolute Gasteiger partial charge is 0.309 e. The van der Waals surface area contributed by atoms with Gasteiger partial charge in [-0.1, -0.05) is 194 Å². The predicted molar refractivity (Wildman–Crippen MR) is 281 cm³/mol. The van der Waals surface area contributed by atoms with Crippen LogP contribution in [0.2, 0.25) is 0 Å². The van der Waals surface area contributed by atoms with Gasteiger partial charge in [0.1, 0.15) is 0 Å². The Morgan fingerprint density at radius 3 is 0.773 bits per heavy atom. The third-order valence-corrected chi connectivity index (χ3v) is 14.1. The van der Waals surface area contributed by atoms with Crippen LogP contribution in [0, 0.1) is 0 Å². The van der Waals surface area contributed by atoms with Gasteiger partial charge in [-0.15, -0.1) is 0 Å². The summed E-state index contributed by atoms with van der Waals surface area (Å²) in [5.41, 5.74) is 14.6. The normalized spacial score (nSPS) is 11.9. The molecule has 66 heavy (non-hydrogen) atoms. The first-order chi connectivity index (χ1) is 32.8. The molecule has 306 valence electrons. The van der Waals surface area contributed by atoms with Crippen molar-refractivity contribution in [3.05, 3.63) is 243 Å². The Hall–Kier alpha value is -8.72. The van der Waals surface area contributed by atoms with E-state index in [9.17, 15) is 0 Å². The lowest BCUT2D eigenvalue weighted by Gasteiger charge is -2.22. The van der Waals surface area contributed by atoms with E-state index in [4.69, 9.17) is 0 Å². The van der Waals surface area contributed by atoms with Gasteiger partial charge in [-0.2, -0.15) is 0 Å². The molecule has 0 bridgehead atoms. The Kier molecular flexibility index (Phi) is 8.02. The minimum atomic E-state index is 1.16. The number of benzene rings is 12. The highest BCUT2D eigenvalue weighted by Gasteiger charge is 2.24. The van der Waals surface area contributed by atoms with Crippen LogP contribution in [0.1, 0.15) is 0 Å².